The van der Waals surface area contributed by atoms with Crippen LogP contribution >= 0.6 is 0 Å². The van der Waals surface area contributed by atoms with E-state index in [2.05, 4.69) is 26.1 Å². The SMILES string of the molecule is CN/C=C\OC(=O)[Si](C)(C)C(C)(C)C. The molecule has 0 aliphatic rings. The van der Waals surface area contributed by atoms with E-state index in [0.717, 1.165) is 0 Å². The predicted octanol–water partition coefficient (Wildman–Crippen LogP) is 2.90. The maximum atomic E-state index is 11.7. The number of hydrogen-bond donors (Lipinski definition) is 1. The average Bonchev–Trinajstić information content (AvgIpc) is 2.02. The Balaban J connectivity index is 4.45. The number of nitrogens with one attached hydrogen (secondary N) is 1. The number of hydrogen-bond acceptors (Lipinski definition) is 3. The Kier molecular flexibility index (Phi) is 4.38. The molecule has 0 amide bonds. The number of carbonyl (C=O) groups is 1. The van der Waals surface area contributed by atoms with E-state index in [9.17, 15) is 4.79 Å². The minimum atomic E-state index is -2.00. The fourth-order valence-corrected chi connectivity index (χ4v) is 1.59. The second-order valence-corrected chi connectivity index (χ2v) is 10.0. The summed E-state index contributed by atoms with van der Waals surface area (Å²) in [5.74, 6) is 0. The lowest BCUT2D eigenvalue weighted by atomic mass is 10.2. The molecule has 4 heteroatoms. The van der Waals surface area contributed by atoms with Crippen molar-refractivity contribution in [2.24, 2.45) is 0 Å². The zero-order chi connectivity index (χ0) is 11.4. The Morgan fingerprint density at radius 3 is 2.21 bits per heavy atom. The van der Waals surface area contributed by atoms with Gasteiger partial charge in [-0.2, -0.15) is 0 Å². The zero-order valence-electron chi connectivity index (χ0n) is 9.97. The second-order valence-electron chi connectivity index (χ2n) is 4.87. The van der Waals surface area contributed by atoms with Crippen molar-refractivity contribution in [1.29, 1.82) is 0 Å². The third-order valence-electron chi connectivity index (χ3n) is 2.80. The molecule has 1 N–H and O–H groups in total. The summed E-state index contributed by atoms with van der Waals surface area (Å²) in [5.41, 5.74) is -0.0727. The van der Waals surface area contributed by atoms with Crippen molar-refractivity contribution in [1.82, 2.24) is 5.32 Å². The van der Waals surface area contributed by atoms with Crippen LogP contribution in [0.5, 0.6) is 0 Å². The first-order valence-corrected chi connectivity index (χ1v) is 7.77. The number of carbonyl (C=O) groups excluding carboxylic acids is 1. The van der Waals surface area contributed by atoms with Gasteiger partial charge in [0.05, 0.1) is 0 Å². The van der Waals surface area contributed by atoms with Crippen LogP contribution < -0.4 is 5.32 Å². The average molecular weight is 215 g/mol. The highest BCUT2D eigenvalue weighted by atomic mass is 28.3. The fraction of sp³-hybridized carbons (Fsp3) is 0.700. The number of rotatable bonds is 3. The molecule has 0 atom stereocenters. The second kappa shape index (κ2) is 4.64. The Morgan fingerprint density at radius 1 is 1.36 bits per heavy atom. The Bertz CT molecular complexity index is 229. The van der Waals surface area contributed by atoms with Gasteiger partial charge < -0.3 is 10.1 Å². The molecule has 0 saturated heterocycles. The summed E-state index contributed by atoms with van der Waals surface area (Å²) in [4.78, 5) is 11.7. The summed E-state index contributed by atoms with van der Waals surface area (Å²) in [5, 5.41) is 2.80. The Morgan fingerprint density at radius 2 is 1.86 bits per heavy atom. The van der Waals surface area contributed by atoms with E-state index in [0.29, 0.717) is 0 Å². The van der Waals surface area contributed by atoms with E-state index in [-0.39, 0.29) is 10.6 Å². The molecular formula is C10H21NO2Si. The van der Waals surface area contributed by atoms with Crippen LogP contribution in [0.2, 0.25) is 18.1 Å². The van der Waals surface area contributed by atoms with Crippen LogP contribution in [-0.2, 0) is 4.74 Å². The van der Waals surface area contributed by atoms with Gasteiger partial charge in [-0.1, -0.05) is 33.9 Å². The Hall–Kier alpha value is -0.773. The third kappa shape index (κ3) is 3.18. The van der Waals surface area contributed by atoms with Crippen molar-refractivity contribution in [2.75, 3.05) is 7.05 Å². The van der Waals surface area contributed by atoms with Gasteiger partial charge in [0.25, 0.3) is 5.59 Å². The van der Waals surface area contributed by atoms with Gasteiger partial charge in [-0.3, -0.25) is 4.79 Å². The fourth-order valence-electron chi connectivity index (χ4n) is 0.617. The highest BCUT2D eigenvalue weighted by molar-refractivity contribution is 7.05. The molecule has 3 nitrogen and oxygen atoms in total. The van der Waals surface area contributed by atoms with Crippen LogP contribution in [0.3, 0.4) is 0 Å². The van der Waals surface area contributed by atoms with Gasteiger partial charge in [0.15, 0.2) is 8.07 Å². The zero-order valence-corrected chi connectivity index (χ0v) is 11.0. The minimum absolute atomic E-state index is 0.0254. The molecule has 0 aromatic carbocycles. The first kappa shape index (κ1) is 13.2. The molecule has 0 bridgehead atoms. The molecule has 0 fully saturated rings. The van der Waals surface area contributed by atoms with Gasteiger partial charge in [-0.05, 0) is 5.04 Å². The topological polar surface area (TPSA) is 38.3 Å². The van der Waals surface area contributed by atoms with Crippen molar-refractivity contribution in [3.8, 4) is 0 Å². The van der Waals surface area contributed by atoms with Gasteiger partial charge >= 0.3 is 0 Å². The number of ether oxygens (including phenoxy) is 1. The van der Waals surface area contributed by atoms with Crippen LogP contribution in [0.1, 0.15) is 20.8 Å². The molecule has 0 aliphatic heterocycles. The standard InChI is InChI=1S/C10H21NO2Si/c1-10(2,3)14(5,6)9(12)13-8-7-11-4/h7-8,11H,1-6H3/b8-7-. The van der Waals surface area contributed by atoms with Crippen LogP contribution in [0, 0.1) is 0 Å². The molecule has 82 valence electrons. The molecule has 0 heterocycles. The van der Waals surface area contributed by atoms with Crippen molar-refractivity contribution < 1.29 is 9.53 Å². The summed E-state index contributed by atoms with van der Waals surface area (Å²) in [6.45, 7) is 10.3. The maximum absolute atomic E-state index is 11.7. The van der Waals surface area contributed by atoms with Crippen LogP contribution in [0.25, 0.3) is 0 Å². The van der Waals surface area contributed by atoms with Gasteiger partial charge in [-0.15, -0.1) is 0 Å². The molecule has 0 saturated carbocycles. The van der Waals surface area contributed by atoms with E-state index < -0.39 is 8.07 Å². The van der Waals surface area contributed by atoms with Crippen LogP contribution in [0.4, 0.5) is 4.79 Å². The highest BCUT2D eigenvalue weighted by Crippen LogP contribution is 2.36. The maximum Gasteiger partial charge on any atom is 0.276 e. The minimum Gasteiger partial charge on any atom is -0.437 e. The van der Waals surface area contributed by atoms with Gasteiger partial charge in [0, 0.05) is 13.2 Å². The monoisotopic (exact) mass is 215 g/mol. The van der Waals surface area contributed by atoms with Crippen molar-refractivity contribution in [3.05, 3.63) is 12.5 Å². The molecule has 0 unspecified atom stereocenters. The highest BCUT2D eigenvalue weighted by Gasteiger charge is 2.43. The van der Waals surface area contributed by atoms with Crippen molar-refractivity contribution in [3.63, 3.8) is 0 Å². The summed E-state index contributed by atoms with van der Waals surface area (Å²) < 4.78 is 5.05. The van der Waals surface area contributed by atoms with Crippen molar-refractivity contribution in [2.45, 2.75) is 38.9 Å². The van der Waals surface area contributed by atoms with E-state index >= 15 is 0 Å². The normalized spacial score (nSPS) is 13.0. The van der Waals surface area contributed by atoms with E-state index in [1.807, 2.05) is 13.1 Å². The smallest absolute Gasteiger partial charge is 0.276 e. The molecule has 0 spiro atoms. The first-order chi connectivity index (χ1) is 6.23. The third-order valence-corrected chi connectivity index (χ3v) is 7.68. The predicted molar refractivity (Wildman–Crippen MR) is 61.9 cm³/mol. The summed E-state index contributed by atoms with van der Waals surface area (Å²) >= 11 is 0. The quantitative estimate of drug-likeness (QED) is 0.581. The molecular weight excluding hydrogens is 194 g/mol. The summed E-state index contributed by atoms with van der Waals surface area (Å²) in [6, 6.07) is 0. The first-order valence-electron chi connectivity index (χ1n) is 4.77. The molecule has 0 radical (unpaired) electrons. The lowest BCUT2D eigenvalue weighted by Gasteiger charge is -2.33. The summed E-state index contributed by atoms with van der Waals surface area (Å²) in [6.07, 6.45) is 3.01. The molecule has 0 rings (SSSR count). The van der Waals surface area contributed by atoms with E-state index in [1.54, 1.807) is 13.2 Å². The molecule has 0 aliphatic carbocycles. The lowest BCUT2D eigenvalue weighted by molar-refractivity contribution is 0.208. The van der Waals surface area contributed by atoms with Crippen LogP contribution in [0.15, 0.2) is 12.5 Å². The lowest BCUT2D eigenvalue weighted by Crippen LogP contribution is -2.45. The molecule has 0 aromatic heterocycles. The van der Waals surface area contributed by atoms with Gasteiger partial charge in [-0.25, -0.2) is 0 Å². The van der Waals surface area contributed by atoms with Gasteiger partial charge in [0.2, 0.25) is 0 Å². The van der Waals surface area contributed by atoms with E-state index in [1.165, 1.54) is 6.26 Å². The Labute approximate surface area is 87.5 Å². The van der Waals surface area contributed by atoms with E-state index in [4.69, 9.17) is 4.74 Å². The van der Waals surface area contributed by atoms with Crippen LogP contribution in [-0.4, -0.2) is 20.7 Å². The summed E-state index contributed by atoms with van der Waals surface area (Å²) in [7, 11) is -0.238. The molecule has 0 aromatic rings. The largest absolute Gasteiger partial charge is 0.437 e. The van der Waals surface area contributed by atoms with Crippen molar-refractivity contribution >= 4 is 13.7 Å². The van der Waals surface area contributed by atoms with Gasteiger partial charge in [0.1, 0.15) is 6.26 Å². The molecule has 14 heavy (non-hydrogen) atoms.